The summed E-state index contributed by atoms with van der Waals surface area (Å²) in [7, 11) is -3.82. The van der Waals surface area contributed by atoms with Crippen LogP contribution in [0.2, 0.25) is 0 Å². The van der Waals surface area contributed by atoms with Gasteiger partial charge >= 0.3 is 0 Å². The molecule has 0 saturated heterocycles. The van der Waals surface area contributed by atoms with Gasteiger partial charge in [-0.1, -0.05) is 30.9 Å². The fourth-order valence-electron chi connectivity index (χ4n) is 2.33. The molecule has 0 amide bonds. The van der Waals surface area contributed by atoms with Crippen LogP contribution in [0.1, 0.15) is 5.37 Å². The van der Waals surface area contributed by atoms with Gasteiger partial charge in [0.2, 0.25) is 9.84 Å². The highest BCUT2D eigenvalue weighted by molar-refractivity contribution is 7.91. The molecule has 112 valence electrons. The molecule has 2 heterocycles. The third-order valence-electron chi connectivity index (χ3n) is 3.37. The minimum atomic E-state index is -3.82. The molecule has 0 bridgehead atoms. The first-order chi connectivity index (χ1) is 10.5. The predicted octanol–water partition coefficient (Wildman–Crippen LogP) is 1.88. The Labute approximate surface area is 126 Å². The standard InChI is InChI=1S/C15H13N3O3S/c1-2-15(18-10-9-11-5-3-4-6-12(11)18)22(20,21)14-8-7-13(19)16-17-14/h2-10,15H,1H2,(H,16,19). The molecule has 2 aromatic heterocycles. The molecule has 3 rings (SSSR count). The Bertz CT molecular complexity index is 982. The Balaban J connectivity index is 2.16. The monoisotopic (exact) mass is 315 g/mol. The summed E-state index contributed by atoms with van der Waals surface area (Å²) >= 11 is 0. The molecule has 1 unspecified atom stereocenters. The highest BCUT2D eigenvalue weighted by Gasteiger charge is 2.28. The van der Waals surface area contributed by atoms with Crippen LogP contribution < -0.4 is 5.56 Å². The maximum absolute atomic E-state index is 12.7. The van der Waals surface area contributed by atoms with Crippen molar-refractivity contribution in [2.45, 2.75) is 10.4 Å². The lowest BCUT2D eigenvalue weighted by molar-refractivity contribution is 0.568. The van der Waals surface area contributed by atoms with Gasteiger partial charge in [0.1, 0.15) is 0 Å². The van der Waals surface area contributed by atoms with E-state index in [0.29, 0.717) is 0 Å². The molecule has 0 spiro atoms. The maximum Gasteiger partial charge on any atom is 0.264 e. The van der Waals surface area contributed by atoms with Crippen molar-refractivity contribution in [1.82, 2.24) is 14.8 Å². The second kappa shape index (κ2) is 5.27. The van der Waals surface area contributed by atoms with Gasteiger partial charge in [-0.25, -0.2) is 13.5 Å². The van der Waals surface area contributed by atoms with Crippen LogP contribution in [0.15, 0.2) is 71.1 Å². The topological polar surface area (TPSA) is 84.8 Å². The van der Waals surface area contributed by atoms with Crippen LogP contribution in [0.4, 0.5) is 0 Å². The lowest BCUT2D eigenvalue weighted by atomic mass is 10.2. The van der Waals surface area contributed by atoms with Gasteiger partial charge < -0.3 is 4.57 Å². The van der Waals surface area contributed by atoms with Crippen LogP contribution >= 0.6 is 0 Å². The summed E-state index contributed by atoms with van der Waals surface area (Å²) in [5.41, 5.74) is 0.320. The van der Waals surface area contributed by atoms with E-state index in [4.69, 9.17) is 0 Å². The molecular formula is C15H13N3O3S. The second-order valence-electron chi connectivity index (χ2n) is 4.71. The van der Waals surface area contributed by atoms with E-state index in [2.05, 4.69) is 16.8 Å². The van der Waals surface area contributed by atoms with Gasteiger partial charge in [-0.3, -0.25) is 4.79 Å². The van der Waals surface area contributed by atoms with Crippen molar-refractivity contribution in [3.63, 3.8) is 0 Å². The number of aromatic amines is 1. The molecule has 1 atom stereocenters. The summed E-state index contributed by atoms with van der Waals surface area (Å²) in [6, 6.07) is 11.6. The van der Waals surface area contributed by atoms with E-state index >= 15 is 0 Å². The Morgan fingerprint density at radius 2 is 1.95 bits per heavy atom. The molecule has 7 heteroatoms. The highest BCUT2D eigenvalue weighted by Crippen LogP contribution is 2.27. The summed E-state index contributed by atoms with van der Waals surface area (Å²) in [6.07, 6.45) is 3.04. The Morgan fingerprint density at radius 3 is 2.64 bits per heavy atom. The van der Waals surface area contributed by atoms with Gasteiger partial charge in [0.25, 0.3) is 5.56 Å². The van der Waals surface area contributed by atoms with E-state index in [-0.39, 0.29) is 5.03 Å². The predicted molar refractivity (Wildman–Crippen MR) is 83.2 cm³/mol. The van der Waals surface area contributed by atoms with Crippen LogP contribution in [-0.2, 0) is 9.84 Å². The SMILES string of the molecule is C=CC(n1ccc2ccccc21)S(=O)(=O)c1ccc(=O)[nH]n1. The molecule has 3 aromatic rings. The van der Waals surface area contributed by atoms with Gasteiger partial charge in [-0.2, -0.15) is 5.10 Å². The number of hydrogen-bond donors (Lipinski definition) is 1. The number of H-pyrrole nitrogens is 1. The number of nitrogens with one attached hydrogen (secondary N) is 1. The summed E-state index contributed by atoms with van der Waals surface area (Å²) in [4.78, 5) is 11.1. The van der Waals surface area contributed by atoms with Crippen LogP contribution in [0.25, 0.3) is 10.9 Å². The summed E-state index contributed by atoms with van der Waals surface area (Å²) in [5.74, 6) is 0. The Morgan fingerprint density at radius 1 is 1.18 bits per heavy atom. The normalized spacial score (nSPS) is 13.1. The lowest BCUT2D eigenvalue weighted by Gasteiger charge is -2.16. The summed E-state index contributed by atoms with van der Waals surface area (Å²) < 4.78 is 27.1. The lowest BCUT2D eigenvalue weighted by Crippen LogP contribution is -2.20. The number of sulfone groups is 1. The van der Waals surface area contributed by atoms with Crippen LogP contribution in [0, 0.1) is 0 Å². The molecular weight excluding hydrogens is 302 g/mol. The quantitative estimate of drug-likeness (QED) is 0.745. The van der Waals surface area contributed by atoms with Gasteiger partial charge in [-0.05, 0) is 23.6 Å². The molecule has 0 aliphatic heterocycles. The zero-order valence-electron chi connectivity index (χ0n) is 11.5. The number of fused-ring (bicyclic) bond motifs is 1. The molecule has 22 heavy (non-hydrogen) atoms. The van der Waals surface area contributed by atoms with Crippen LogP contribution in [-0.4, -0.2) is 23.2 Å². The van der Waals surface area contributed by atoms with Crippen molar-refractivity contribution in [2.24, 2.45) is 0 Å². The third-order valence-corrected chi connectivity index (χ3v) is 5.23. The van der Waals surface area contributed by atoms with Gasteiger partial charge in [-0.15, -0.1) is 0 Å². The van der Waals surface area contributed by atoms with Crippen molar-refractivity contribution >= 4 is 20.7 Å². The first kappa shape index (κ1) is 14.3. The molecule has 0 aliphatic rings. The minimum Gasteiger partial charge on any atom is -0.326 e. The van der Waals surface area contributed by atoms with Crippen LogP contribution in [0.5, 0.6) is 0 Å². The zero-order chi connectivity index (χ0) is 15.7. The number of hydrogen-bond acceptors (Lipinski definition) is 4. The largest absolute Gasteiger partial charge is 0.326 e. The first-order valence-electron chi connectivity index (χ1n) is 6.52. The van der Waals surface area contributed by atoms with E-state index in [1.807, 2.05) is 30.3 Å². The fourth-order valence-corrected chi connectivity index (χ4v) is 3.74. The Hall–Kier alpha value is -2.67. The molecule has 1 N–H and O–H groups in total. The molecule has 0 saturated carbocycles. The van der Waals surface area contributed by atoms with E-state index in [1.54, 1.807) is 10.8 Å². The second-order valence-corrected chi connectivity index (χ2v) is 6.70. The maximum atomic E-state index is 12.7. The van der Waals surface area contributed by atoms with Crippen molar-refractivity contribution in [3.05, 3.63) is 71.7 Å². The van der Waals surface area contributed by atoms with Crippen molar-refractivity contribution in [1.29, 1.82) is 0 Å². The summed E-state index contributed by atoms with van der Waals surface area (Å²) in [5, 5.41) is 5.48. The van der Waals surface area contributed by atoms with Crippen molar-refractivity contribution < 1.29 is 8.42 Å². The first-order valence-corrected chi connectivity index (χ1v) is 8.06. The Kier molecular flexibility index (Phi) is 3.42. The highest BCUT2D eigenvalue weighted by atomic mass is 32.2. The van der Waals surface area contributed by atoms with Crippen molar-refractivity contribution in [2.75, 3.05) is 0 Å². The molecule has 6 nitrogen and oxygen atoms in total. The molecule has 0 radical (unpaired) electrons. The van der Waals surface area contributed by atoms with E-state index in [9.17, 15) is 13.2 Å². The van der Waals surface area contributed by atoms with Gasteiger partial charge in [0.15, 0.2) is 10.4 Å². The van der Waals surface area contributed by atoms with Crippen molar-refractivity contribution in [3.8, 4) is 0 Å². The van der Waals surface area contributed by atoms with Gasteiger partial charge in [0, 0.05) is 17.8 Å². The van der Waals surface area contributed by atoms with E-state index in [0.717, 1.165) is 17.0 Å². The number of aromatic nitrogens is 3. The number of nitrogens with zero attached hydrogens (tertiary/aromatic N) is 2. The average Bonchev–Trinajstić information content (AvgIpc) is 2.92. The number of para-hydroxylation sites is 1. The zero-order valence-corrected chi connectivity index (χ0v) is 12.3. The molecule has 0 fully saturated rings. The van der Waals surface area contributed by atoms with Gasteiger partial charge in [0.05, 0.1) is 0 Å². The van der Waals surface area contributed by atoms with E-state index < -0.39 is 20.8 Å². The molecule has 1 aromatic carbocycles. The average molecular weight is 315 g/mol. The number of benzene rings is 1. The molecule has 0 aliphatic carbocycles. The third kappa shape index (κ3) is 2.25. The fraction of sp³-hybridized carbons (Fsp3) is 0.0667. The number of rotatable bonds is 4. The summed E-state index contributed by atoms with van der Waals surface area (Å²) in [6.45, 7) is 3.63. The van der Waals surface area contributed by atoms with Crippen LogP contribution in [0.3, 0.4) is 0 Å². The smallest absolute Gasteiger partial charge is 0.264 e. The van der Waals surface area contributed by atoms with E-state index in [1.165, 1.54) is 12.1 Å². The minimum absolute atomic E-state index is 0.199.